The zero-order chi connectivity index (χ0) is 33.7. The van der Waals surface area contributed by atoms with Crippen LogP contribution in [0.1, 0.15) is 80.7 Å². The van der Waals surface area contributed by atoms with Gasteiger partial charge in [0.2, 0.25) is 5.96 Å². The van der Waals surface area contributed by atoms with Gasteiger partial charge in [0, 0.05) is 0 Å². The number of hydrogen-bond donors (Lipinski definition) is 3. The van der Waals surface area contributed by atoms with Gasteiger partial charge in [-0.1, -0.05) is 30.3 Å². The summed E-state index contributed by atoms with van der Waals surface area (Å²) in [5, 5.41) is 7.06. The number of carbonyl (C=O) groups excluding carboxylic acids is 5. The Labute approximate surface area is 258 Å². The van der Waals surface area contributed by atoms with Crippen LogP contribution in [-0.4, -0.2) is 72.2 Å². The quantitative estimate of drug-likeness (QED) is 0.155. The molecule has 0 radical (unpaired) electrons. The van der Waals surface area contributed by atoms with Gasteiger partial charge in [-0.2, -0.15) is 0 Å². The number of benzene rings is 1. The molecular formula is C30H46N4O10. The van der Waals surface area contributed by atoms with E-state index in [-0.39, 0.29) is 19.4 Å². The van der Waals surface area contributed by atoms with E-state index >= 15 is 0 Å². The van der Waals surface area contributed by atoms with Crippen molar-refractivity contribution >= 4 is 36.2 Å². The molecule has 0 aliphatic carbocycles. The van der Waals surface area contributed by atoms with Crippen molar-refractivity contribution in [2.24, 2.45) is 4.99 Å². The summed E-state index contributed by atoms with van der Waals surface area (Å²) in [5.41, 5.74) is -1.97. The topological polar surface area (TPSA) is 180 Å². The first-order valence-corrected chi connectivity index (χ1v) is 14.0. The van der Waals surface area contributed by atoms with E-state index in [1.807, 2.05) is 6.07 Å². The van der Waals surface area contributed by atoms with Crippen LogP contribution in [0.15, 0.2) is 35.3 Å². The first kappa shape index (κ1) is 37.7. The number of rotatable bonds is 9. The summed E-state index contributed by atoms with van der Waals surface area (Å²) in [6, 6.07) is 6.32. The van der Waals surface area contributed by atoms with Crippen LogP contribution >= 0.6 is 0 Å². The van der Waals surface area contributed by atoms with Crippen molar-refractivity contribution in [3.8, 4) is 0 Å². The Morgan fingerprint density at radius 3 is 1.66 bits per heavy atom. The van der Waals surface area contributed by atoms with Crippen molar-refractivity contribution in [2.45, 2.75) is 111 Å². The number of alkyl carbamates (subject to hydrolysis) is 3. The molecule has 14 nitrogen and oxygen atoms in total. The number of nitrogens with one attached hydrogen (secondary N) is 3. The summed E-state index contributed by atoms with van der Waals surface area (Å²) in [5.74, 6) is -2.09. The number of nitrogens with zero attached hydrogens (tertiary/aromatic N) is 1. The lowest BCUT2D eigenvalue weighted by Gasteiger charge is -2.25. The van der Waals surface area contributed by atoms with Crippen LogP contribution in [0.3, 0.4) is 0 Å². The van der Waals surface area contributed by atoms with E-state index in [1.165, 1.54) is 0 Å². The molecule has 0 fully saturated rings. The highest BCUT2D eigenvalue weighted by molar-refractivity contribution is 6.02. The fraction of sp³-hybridized carbons (Fsp3) is 0.600. The molecule has 0 saturated heterocycles. The highest BCUT2D eigenvalue weighted by Crippen LogP contribution is 2.16. The Balaban J connectivity index is 3.27. The average Bonchev–Trinajstić information content (AvgIpc) is 2.85. The van der Waals surface area contributed by atoms with Gasteiger partial charge < -0.3 is 29.0 Å². The molecule has 0 bridgehead atoms. The lowest BCUT2D eigenvalue weighted by Crippen LogP contribution is -2.48. The van der Waals surface area contributed by atoms with Crippen molar-refractivity contribution in [3.63, 3.8) is 0 Å². The van der Waals surface area contributed by atoms with E-state index in [0.29, 0.717) is 0 Å². The zero-order valence-electron chi connectivity index (χ0n) is 27.2. The fourth-order valence-corrected chi connectivity index (χ4v) is 3.28. The summed E-state index contributed by atoms with van der Waals surface area (Å²) >= 11 is 0. The highest BCUT2D eigenvalue weighted by atomic mass is 16.6. The molecule has 3 N–H and O–H groups in total. The first-order valence-electron chi connectivity index (χ1n) is 14.0. The number of amides is 3. The van der Waals surface area contributed by atoms with Crippen LogP contribution in [0, 0.1) is 0 Å². The number of carbonyl (C=O) groups is 5. The standard InChI is InChI=1S/C30H46N4O10/c1-28(2,3)42-23(36)21(31-24(33-26(38)43-29(4,5)6)34-27(39)44-30(7,8)9)17-16-20(22(35)40-10)32-25(37)41-18-19-14-12-11-13-15-19/h11-15,20-21H,16-18H2,1-10H3,(H,32,37)(H2,31,33,34,38,39)/t20-,21?/m0/s1. The molecule has 0 aliphatic heterocycles. The van der Waals surface area contributed by atoms with E-state index in [9.17, 15) is 24.0 Å². The van der Waals surface area contributed by atoms with Crippen LogP contribution in [0.5, 0.6) is 0 Å². The summed E-state index contributed by atoms with van der Waals surface area (Å²) in [6.45, 7) is 14.7. The predicted octanol–water partition coefficient (Wildman–Crippen LogP) is 4.35. The average molecular weight is 623 g/mol. The van der Waals surface area contributed by atoms with Crippen molar-refractivity contribution in [1.29, 1.82) is 0 Å². The Morgan fingerprint density at radius 1 is 0.705 bits per heavy atom. The minimum atomic E-state index is -1.37. The minimum Gasteiger partial charge on any atom is -0.467 e. The Hall–Kier alpha value is -4.36. The molecule has 2 atom stereocenters. The third-order valence-electron chi connectivity index (χ3n) is 4.92. The number of aliphatic imine (C=N–C) groups is 1. The second kappa shape index (κ2) is 16.5. The molecule has 1 aromatic carbocycles. The second-order valence-corrected chi connectivity index (χ2v) is 12.6. The molecule has 1 unspecified atom stereocenters. The van der Waals surface area contributed by atoms with Crippen molar-refractivity contribution in [1.82, 2.24) is 16.0 Å². The molecule has 1 aromatic rings. The summed E-state index contributed by atoms with van der Waals surface area (Å²) in [6.07, 6.45) is -3.17. The molecule has 0 heterocycles. The summed E-state index contributed by atoms with van der Waals surface area (Å²) in [7, 11) is 1.14. The molecule has 0 aromatic heterocycles. The number of guanidine groups is 1. The highest BCUT2D eigenvalue weighted by Gasteiger charge is 2.31. The SMILES string of the molecule is COC(=O)[C@H](CCC(N=C(NC(=O)OC(C)(C)C)NC(=O)OC(C)(C)C)C(=O)OC(C)(C)C)NC(=O)OCc1ccccc1. The fourth-order valence-electron chi connectivity index (χ4n) is 3.28. The Morgan fingerprint density at radius 2 is 1.20 bits per heavy atom. The Bertz CT molecular complexity index is 1130. The van der Waals surface area contributed by atoms with E-state index in [1.54, 1.807) is 86.6 Å². The van der Waals surface area contributed by atoms with E-state index < -0.39 is 65.1 Å². The van der Waals surface area contributed by atoms with Gasteiger partial charge in [0.05, 0.1) is 7.11 Å². The molecule has 0 saturated carbocycles. The zero-order valence-corrected chi connectivity index (χ0v) is 27.2. The molecule has 14 heteroatoms. The van der Waals surface area contributed by atoms with Gasteiger partial charge in [-0.05, 0) is 80.7 Å². The number of hydrogen-bond acceptors (Lipinski definition) is 11. The smallest absolute Gasteiger partial charge is 0.414 e. The third-order valence-corrected chi connectivity index (χ3v) is 4.92. The lowest BCUT2D eigenvalue weighted by molar-refractivity contribution is -0.157. The van der Waals surface area contributed by atoms with Gasteiger partial charge in [-0.3, -0.25) is 10.6 Å². The minimum absolute atomic E-state index is 0.0403. The summed E-state index contributed by atoms with van der Waals surface area (Å²) < 4.78 is 26.0. The van der Waals surface area contributed by atoms with Gasteiger partial charge in [-0.15, -0.1) is 0 Å². The van der Waals surface area contributed by atoms with Gasteiger partial charge in [0.15, 0.2) is 6.04 Å². The summed E-state index contributed by atoms with van der Waals surface area (Å²) in [4.78, 5) is 67.5. The normalized spacial score (nSPS) is 12.9. The molecular weight excluding hydrogens is 576 g/mol. The molecule has 0 aliphatic rings. The van der Waals surface area contributed by atoms with E-state index in [2.05, 4.69) is 20.9 Å². The van der Waals surface area contributed by atoms with Crippen LogP contribution in [0.25, 0.3) is 0 Å². The van der Waals surface area contributed by atoms with Crippen molar-refractivity contribution in [3.05, 3.63) is 35.9 Å². The maximum atomic E-state index is 13.2. The van der Waals surface area contributed by atoms with Gasteiger partial charge >= 0.3 is 30.2 Å². The van der Waals surface area contributed by atoms with Gasteiger partial charge in [0.1, 0.15) is 29.5 Å². The van der Waals surface area contributed by atoms with Crippen LogP contribution < -0.4 is 16.0 Å². The van der Waals surface area contributed by atoms with E-state index in [0.717, 1.165) is 12.7 Å². The van der Waals surface area contributed by atoms with Gasteiger partial charge in [-0.25, -0.2) is 29.0 Å². The van der Waals surface area contributed by atoms with Crippen molar-refractivity contribution < 1.29 is 47.7 Å². The third kappa shape index (κ3) is 16.9. The molecule has 1 rings (SSSR count). The largest absolute Gasteiger partial charge is 0.467 e. The first-order chi connectivity index (χ1) is 20.2. The molecule has 246 valence electrons. The molecule has 0 spiro atoms. The monoisotopic (exact) mass is 622 g/mol. The van der Waals surface area contributed by atoms with Crippen molar-refractivity contribution in [2.75, 3.05) is 7.11 Å². The number of ether oxygens (including phenoxy) is 5. The number of esters is 2. The molecule has 3 amide bonds. The van der Waals surface area contributed by atoms with E-state index in [4.69, 9.17) is 23.7 Å². The molecule has 44 heavy (non-hydrogen) atoms. The van der Waals surface area contributed by atoms with Crippen LogP contribution in [0.4, 0.5) is 14.4 Å². The van der Waals surface area contributed by atoms with Crippen LogP contribution in [-0.2, 0) is 39.9 Å². The maximum Gasteiger partial charge on any atom is 0.414 e. The predicted molar refractivity (Wildman–Crippen MR) is 161 cm³/mol. The number of methoxy groups -OCH3 is 1. The Kier molecular flexibility index (Phi) is 14.1. The van der Waals surface area contributed by atoms with Crippen LogP contribution in [0.2, 0.25) is 0 Å². The maximum absolute atomic E-state index is 13.2. The second-order valence-electron chi connectivity index (χ2n) is 12.6. The van der Waals surface area contributed by atoms with Gasteiger partial charge in [0.25, 0.3) is 0 Å². The lowest BCUT2D eigenvalue weighted by atomic mass is 10.1.